The van der Waals surface area contributed by atoms with Crippen molar-refractivity contribution in [2.45, 2.75) is 12.8 Å². The Morgan fingerprint density at radius 3 is 2.03 bits per heavy atom. The van der Waals surface area contributed by atoms with Crippen LogP contribution in [0.25, 0.3) is 106 Å². The van der Waals surface area contributed by atoms with Gasteiger partial charge in [0.25, 0.3) is 0 Å². The summed E-state index contributed by atoms with van der Waals surface area (Å²) in [7, 11) is 0. The maximum Gasteiger partial charge on any atom is 0.164 e. The SMILES string of the molecule is N#Cc1ccc(-c2nc(-c3ccccc3)nc(-c3ccccc3)n2)c2c1oc1cc(-n3c4c#cccc4c4ccccc43)c(-n3c4c(c5ccccc53)C=CCC4)cc12. The van der Waals surface area contributed by atoms with E-state index in [-0.39, 0.29) is 0 Å². The van der Waals surface area contributed by atoms with Crippen LogP contribution in [0.4, 0.5) is 0 Å². The summed E-state index contributed by atoms with van der Waals surface area (Å²) in [4.78, 5) is 15.2. The molecule has 59 heavy (non-hydrogen) atoms. The summed E-state index contributed by atoms with van der Waals surface area (Å²) in [6.45, 7) is 0. The van der Waals surface area contributed by atoms with Gasteiger partial charge in [0.1, 0.15) is 17.2 Å². The number of nitriles is 1. The molecule has 4 heterocycles. The van der Waals surface area contributed by atoms with Crippen molar-refractivity contribution in [3.05, 3.63) is 181 Å². The molecule has 274 valence electrons. The van der Waals surface area contributed by atoms with Gasteiger partial charge in [0.15, 0.2) is 23.1 Å². The molecule has 0 bridgehead atoms. The highest BCUT2D eigenvalue weighted by molar-refractivity contribution is 6.15. The monoisotopic (exact) mass is 754 g/mol. The molecule has 0 radical (unpaired) electrons. The van der Waals surface area contributed by atoms with Gasteiger partial charge in [-0.05, 0) is 61.4 Å². The van der Waals surface area contributed by atoms with E-state index in [2.05, 4.69) is 106 Å². The average molecular weight is 755 g/mol. The lowest BCUT2D eigenvalue weighted by Gasteiger charge is -2.19. The van der Waals surface area contributed by atoms with Gasteiger partial charge < -0.3 is 8.98 Å². The number of furan rings is 1. The van der Waals surface area contributed by atoms with E-state index in [1.54, 1.807) is 6.07 Å². The molecule has 12 rings (SSSR count). The van der Waals surface area contributed by atoms with Crippen LogP contribution >= 0.6 is 0 Å². The molecule has 7 heteroatoms. The van der Waals surface area contributed by atoms with E-state index in [9.17, 15) is 5.26 Å². The first-order chi connectivity index (χ1) is 29.2. The molecule has 0 amide bonds. The van der Waals surface area contributed by atoms with Gasteiger partial charge in [-0.1, -0.05) is 115 Å². The number of para-hydroxylation sites is 2. The van der Waals surface area contributed by atoms with E-state index in [1.807, 2.05) is 72.8 Å². The van der Waals surface area contributed by atoms with Crippen molar-refractivity contribution in [2.75, 3.05) is 0 Å². The maximum atomic E-state index is 10.5. The molecule has 11 aromatic rings. The highest BCUT2D eigenvalue weighted by atomic mass is 16.3. The average Bonchev–Trinajstić information content (AvgIpc) is 3.96. The van der Waals surface area contributed by atoms with Crippen LogP contribution in [0.15, 0.2) is 156 Å². The predicted molar refractivity (Wildman–Crippen MR) is 234 cm³/mol. The third kappa shape index (κ3) is 4.99. The number of fused-ring (bicyclic) bond motifs is 9. The summed E-state index contributed by atoms with van der Waals surface area (Å²) in [5, 5.41) is 15.6. The summed E-state index contributed by atoms with van der Waals surface area (Å²) < 4.78 is 11.6. The van der Waals surface area contributed by atoms with Gasteiger partial charge in [0.2, 0.25) is 0 Å². The Hall–Kier alpha value is -8.26. The molecule has 0 atom stereocenters. The number of allylic oxidation sites excluding steroid dienone is 1. The highest BCUT2D eigenvalue weighted by Gasteiger charge is 2.26. The lowest BCUT2D eigenvalue weighted by molar-refractivity contribution is 0.667. The maximum absolute atomic E-state index is 10.5. The van der Waals surface area contributed by atoms with Gasteiger partial charge in [0, 0.05) is 60.9 Å². The van der Waals surface area contributed by atoms with Crippen LogP contribution in [0.2, 0.25) is 0 Å². The fourth-order valence-corrected chi connectivity index (χ4v) is 8.95. The van der Waals surface area contributed by atoms with Gasteiger partial charge >= 0.3 is 0 Å². The fourth-order valence-electron chi connectivity index (χ4n) is 8.95. The van der Waals surface area contributed by atoms with Gasteiger partial charge in [-0.2, -0.15) is 5.26 Å². The minimum atomic E-state index is 0.428. The number of hydrogen-bond donors (Lipinski definition) is 0. The molecular formula is C52H30N6O. The number of hydrogen-bond acceptors (Lipinski definition) is 5. The summed E-state index contributed by atoms with van der Waals surface area (Å²) in [6, 6.07) is 58.2. The third-order valence-electron chi connectivity index (χ3n) is 11.5. The van der Waals surface area contributed by atoms with Gasteiger partial charge in [-0.25, -0.2) is 15.0 Å². The van der Waals surface area contributed by atoms with Crippen LogP contribution in [0.3, 0.4) is 0 Å². The summed E-state index contributed by atoms with van der Waals surface area (Å²) in [6.07, 6.45) is 6.36. The Bertz CT molecular complexity index is 3460. The van der Waals surface area contributed by atoms with Crippen molar-refractivity contribution < 1.29 is 4.42 Å². The molecule has 0 saturated carbocycles. The van der Waals surface area contributed by atoms with Crippen LogP contribution in [0.5, 0.6) is 0 Å². The van der Waals surface area contributed by atoms with E-state index in [0.29, 0.717) is 34.2 Å². The summed E-state index contributed by atoms with van der Waals surface area (Å²) in [5.74, 6) is 1.60. The quantitative estimate of drug-likeness (QED) is 0.175. The van der Waals surface area contributed by atoms with Crippen LogP contribution in [0.1, 0.15) is 23.2 Å². The van der Waals surface area contributed by atoms with Crippen molar-refractivity contribution in [2.24, 2.45) is 0 Å². The van der Waals surface area contributed by atoms with E-state index < -0.39 is 0 Å². The second kappa shape index (κ2) is 12.9. The molecule has 0 unspecified atom stereocenters. The first kappa shape index (κ1) is 32.9. The molecule has 0 fully saturated rings. The zero-order valence-electron chi connectivity index (χ0n) is 31.5. The van der Waals surface area contributed by atoms with E-state index in [1.165, 1.54) is 16.6 Å². The molecule has 7 nitrogen and oxygen atoms in total. The Morgan fingerprint density at radius 1 is 0.627 bits per heavy atom. The van der Waals surface area contributed by atoms with Crippen LogP contribution in [-0.2, 0) is 6.42 Å². The Labute approximate surface area is 338 Å². The van der Waals surface area contributed by atoms with Crippen molar-refractivity contribution in [1.29, 1.82) is 5.26 Å². The largest absolute Gasteiger partial charge is 0.455 e. The summed E-state index contributed by atoms with van der Waals surface area (Å²) in [5.41, 5.74) is 11.5. The predicted octanol–water partition coefficient (Wildman–Crippen LogP) is 12.2. The molecule has 4 aromatic heterocycles. The van der Waals surface area contributed by atoms with Crippen LogP contribution < -0.4 is 0 Å². The third-order valence-corrected chi connectivity index (χ3v) is 11.5. The van der Waals surface area contributed by atoms with Crippen molar-refractivity contribution in [1.82, 2.24) is 24.1 Å². The molecule has 0 spiro atoms. The topological polar surface area (TPSA) is 85.5 Å². The van der Waals surface area contributed by atoms with E-state index in [4.69, 9.17) is 19.4 Å². The number of benzene rings is 6. The van der Waals surface area contributed by atoms with Crippen molar-refractivity contribution >= 4 is 60.7 Å². The molecule has 0 saturated heterocycles. The number of rotatable bonds is 5. The molecule has 0 aliphatic heterocycles. The first-order valence-corrected chi connectivity index (χ1v) is 19.7. The van der Waals surface area contributed by atoms with Gasteiger partial charge in [-0.15, -0.1) is 0 Å². The molecule has 1 aliphatic carbocycles. The van der Waals surface area contributed by atoms with Gasteiger partial charge in [0.05, 0.1) is 28.0 Å². The standard InChI is InChI=1S/C52H30N6O/c53-31-34-27-28-39(52-55-50(32-15-3-1-4-16-32)54-51(56-52)33-17-5-2-6-18-33)48-40-29-45(57-41-23-11-7-19-35(41)36-20-8-12-24-42(36)57)46(30-47(40)59-49(34)48)58-43-25-13-9-21-37(43)38-22-10-14-26-44(38)58/h1-11,13,15-23,25,27-30H,12,24H2. The lowest BCUT2D eigenvalue weighted by Crippen LogP contribution is -2.07. The second-order valence-electron chi connectivity index (χ2n) is 14.8. The Kier molecular flexibility index (Phi) is 7.20. The highest BCUT2D eigenvalue weighted by Crippen LogP contribution is 2.44. The van der Waals surface area contributed by atoms with E-state index in [0.717, 1.165) is 79.0 Å². The Morgan fingerprint density at radius 2 is 1.29 bits per heavy atom. The van der Waals surface area contributed by atoms with Gasteiger partial charge in [-0.3, -0.25) is 4.57 Å². The minimum Gasteiger partial charge on any atom is -0.455 e. The molecule has 0 N–H and O–H groups in total. The molecule has 1 aliphatic rings. The fraction of sp³-hybridized carbons (Fsp3) is 0.0385. The zero-order valence-corrected chi connectivity index (χ0v) is 31.5. The molecular weight excluding hydrogens is 725 g/mol. The second-order valence-corrected chi connectivity index (χ2v) is 14.8. The lowest BCUT2D eigenvalue weighted by atomic mass is 10.0. The zero-order chi connectivity index (χ0) is 39.0. The van der Waals surface area contributed by atoms with Crippen molar-refractivity contribution in [3.8, 4) is 51.6 Å². The van der Waals surface area contributed by atoms with Crippen molar-refractivity contribution in [3.63, 3.8) is 0 Å². The summed E-state index contributed by atoms with van der Waals surface area (Å²) >= 11 is 0. The van der Waals surface area contributed by atoms with Crippen LogP contribution in [-0.4, -0.2) is 24.1 Å². The minimum absolute atomic E-state index is 0.428. The number of aromatic nitrogens is 5. The number of nitrogens with zero attached hydrogens (tertiary/aromatic N) is 6. The van der Waals surface area contributed by atoms with Crippen LogP contribution in [0, 0.1) is 23.5 Å². The first-order valence-electron chi connectivity index (χ1n) is 19.7. The smallest absolute Gasteiger partial charge is 0.164 e. The Balaban J connectivity index is 1.22. The molecule has 7 aromatic carbocycles. The van der Waals surface area contributed by atoms with E-state index >= 15 is 0 Å². The normalized spacial score (nSPS) is 12.4.